The van der Waals surface area contributed by atoms with E-state index in [1.807, 2.05) is 109 Å². The van der Waals surface area contributed by atoms with Crippen molar-refractivity contribution in [1.82, 2.24) is 15.0 Å². The zero-order chi connectivity index (χ0) is 42.1. The molecule has 0 amide bonds. The van der Waals surface area contributed by atoms with Gasteiger partial charge in [0.15, 0.2) is 17.5 Å². The third-order valence-electron chi connectivity index (χ3n) is 8.12. The average molecular weight is 639 g/mol. The van der Waals surface area contributed by atoms with Crippen LogP contribution in [-0.2, 0) is 0 Å². The zero-order valence-electron chi connectivity index (χ0n) is 36.6. The van der Waals surface area contributed by atoms with E-state index in [2.05, 4.69) is 0 Å². The first-order valence-corrected chi connectivity index (χ1v) is 15.5. The van der Waals surface area contributed by atoms with Crippen LogP contribution in [0.1, 0.15) is 15.1 Å². The number of furan rings is 1. The second-order valence-corrected chi connectivity index (χ2v) is 11.2. The fraction of sp³-hybridized carbons (Fsp3) is 0. The van der Waals surface area contributed by atoms with E-state index in [-0.39, 0.29) is 45.0 Å². The van der Waals surface area contributed by atoms with Crippen molar-refractivity contribution < 1.29 is 19.5 Å². The number of hydrogen-bond acceptors (Lipinski definition) is 4. The summed E-state index contributed by atoms with van der Waals surface area (Å²) in [6.45, 7) is 0. The highest BCUT2D eigenvalue weighted by atomic mass is 16.3. The Balaban J connectivity index is 1.29. The Hall–Kier alpha value is -6.65. The van der Waals surface area contributed by atoms with Crippen molar-refractivity contribution >= 4 is 21.9 Å². The lowest BCUT2D eigenvalue weighted by Gasteiger charge is -2.10. The van der Waals surface area contributed by atoms with Gasteiger partial charge in [-0.3, -0.25) is 0 Å². The maximum absolute atomic E-state index is 9.57. The third-order valence-corrected chi connectivity index (χ3v) is 8.12. The largest absolute Gasteiger partial charge is 0.456 e. The maximum atomic E-state index is 9.57. The number of benzene rings is 7. The summed E-state index contributed by atoms with van der Waals surface area (Å²) in [5.41, 5.74) is 3.45. The Morgan fingerprint density at radius 3 is 1.27 bits per heavy atom. The summed E-state index contributed by atoms with van der Waals surface area (Å²) in [4.78, 5) is 14.4. The monoisotopic (exact) mass is 638 g/mol. The van der Waals surface area contributed by atoms with Gasteiger partial charge in [0.05, 0.1) is 15.1 Å². The van der Waals surface area contributed by atoms with Crippen molar-refractivity contribution in [2.75, 3.05) is 0 Å². The van der Waals surface area contributed by atoms with Crippen LogP contribution in [0.25, 0.3) is 89.5 Å². The van der Waals surface area contributed by atoms with E-state index in [4.69, 9.17) is 31.7 Å². The van der Waals surface area contributed by atoms with Gasteiger partial charge in [-0.25, -0.2) is 15.0 Å². The molecule has 4 heteroatoms. The topological polar surface area (TPSA) is 51.8 Å². The van der Waals surface area contributed by atoms with E-state index in [0.717, 1.165) is 22.3 Å². The number of rotatable bonds is 6. The van der Waals surface area contributed by atoms with Crippen LogP contribution < -0.4 is 0 Å². The Morgan fingerprint density at radius 1 is 0.347 bits per heavy atom. The van der Waals surface area contributed by atoms with Crippen molar-refractivity contribution in [3.8, 4) is 67.5 Å². The van der Waals surface area contributed by atoms with Crippen LogP contribution in [0.3, 0.4) is 0 Å². The first kappa shape index (κ1) is 19.2. The molecule has 0 aliphatic carbocycles. The smallest absolute Gasteiger partial charge is 0.164 e. The van der Waals surface area contributed by atoms with Crippen LogP contribution in [0.15, 0.2) is 180 Å². The third kappa shape index (κ3) is 5.56. The number of fused-ring (bicyclic) bond motifs is 3. The van der Waals surface area contributed by atoms with E-state index in [1.54, 1.807) is 0 Å². The van der Waals surface area contributed by atoms with Crippen LogP contribution in [0.5, 0.6) is 0 Å². The summed E-state index contributed by atoms with van der Waals surface area (Å²) in [6.07, 6.45) is 0. The van der Waals surface area contributed by atoms with Gasteiger partial charge < -0.3 is 4.42 Å². The van der Waals surface area contributed by atoms with Gasteiger partial charge in [0.25, 0.3) is 0 Å². The lowest BCUT2D eigenvalue weighted by Crippen LogP contribution is -2.00. The molecular formula is C45H29N3O. The molecule has 0 fully saturated rings. The summed E-state index contributed by atoms with van der Waals surface area (Å²) in [5, 5.41) is -0.355. The first-order chi connectivity index (χ1) is 28.8. The van der Waals surface area contributed by atoms with E-state index in [0.29, 0.717) is 11.1 Å². The normalized spacial score (nSPS) is 14.4. The Morgan fingerprint density at radius 2 is 0.755 bits per heavy atom. The van der Waals surface area contributed by atoms with Crippen molar-refractivity contribution in [3.63, 3.8) is 0 Å². The highest BCUT2D eigenvalue weighted by Crippen LogP contribution is 2.35. The van der Waals surface area contributed by atoms with Crippen molar-refractivity contribution in [2.24, 2.45) is 0 Å². The van der Waals surface area contributed by atoms with Crippen LogP contribution in [0, 0.1) is 0 Å². The van der Waals surface area contributed by atoms with Gasteiger partial charge in [-0.1, -0.05) is 145 Å². The fourth-order valence-electron chi connectivity index (χ4n) is 5.64. The molecule has 0 saturated heterocycles. The molecule has 4 nitrogen and oxygen atoms in total. The summed E-state index contributed by atoms with van der Waals surface area (Å²) in [6, 6.07) is 28.3. The van der Waals surface area contributed by atoms with E-state index >= 15 is 0 Å². The Bertz CT molecular complexity index is 3060. The molecule has 9 aromatic rings. The van der Waals surface area contributed by atoms with Gasteiger partial charge in [0, 0.05) is 27.5 Å². The number of aromatic nitrogens is 3. The summed E-state index contributed by atoms with van der Waals surface area (Å²) in [7, 11) is 0. The Kier molecular flexibility index (Phi) is 4.78. The molecule has 0 radical (unpaired) electrons. The lowest BCUT2D eigenvalue weighted by atomic mass is 10.0. The van der Waals surface area contributed by atoms with Gasteiger partial charge in [-0.2, -0.15) is 0 Å². The maximum Gasteiger partial charge on any atom is 0.164 e. The first-order valence-electron chi connectivity index (χ1n) is 21.0. The minimum atomic E-state index is -0.685. The lowest BCUT2D eigenvalue weighted by molar-refractivity contribution is 0.669. The van der Waals surface area contributed by atoms with Crippen LogP contribution in [0.4, 0.5) is 0 Å². The molecule has 0 bridgehead atoms. The Labute approximate surface area is 299 Å². The standard InChI is InChI=1S/C45H29N3O/c1-4-10-30(11-5-1)33-16-20-35(21-17-33)43-46-44(36-22-18-34(19-23-36)31-12-6-2-7-13-31)48-45(47-43)38-25-27-42-40(29-38)39-28-37(24-26-41(39)49-42)32-14-8-3-9-15-32/h1-29H/i3D,8D,9D,14D,15D,24D,25D,26D,27D,28D,29D. The molecule has 0 aliphatic heterocycles. The van der Waals surface area contributed by atoms with Crippen molar-refractivity contribution in [3.05, 3.63) is 176 Å². The van der Waals surface area contributed by atoms with Gasteiger partial charge in [-0.05, 0) is 63.6 Å². The van der Waals surface area contributed by atoms with Crippen molar-refractivity contribution in [1.29, 1.82) is 0 Å². The molecular weight excluding hydrogens is 599 g/mol. The molecule has 9 rings (SSSR count). The molecule has 0 aliphatic rings. The van der Waals surface area contributed by atoms with Gasteiger partial charge in [0.2, 0.25) is 0 Å². The van der Waals surface area contributed by atoms with Gasteiger partial charge >= 0.3 is 0 Å². The van der Waals surface area contributed by atoms with Crippen LogP contribution in [0.2, 0.25) is 0 Å². The summed E-state index contributed by atoms with van der Waals surface area (Å²) in [5.74, 6) is 0.331. The molecule has 2 heterocycles. The second kappa shape index (κ2) is 12.2. The molecule has 2 aromatic heterocycles. The molecule has 0 unspecified atom stereocenters. The predicted octanol–water partition coefficient (Wildman–Crippen LogP) is 11.8. The van der Waals surface area contributed by atoms with Crippen LogP contribution in [-0.4, -0.2) is 15.0 Å². The molecule has 49 heavy (non-hydrogen) atoms. The quantitative estimate of drug-likeness (QED) is 0.182. The zero-order valence-corrected chi connectivity index (χ0v) is 25.6. The SMILES string of the molecule is [2H]c1c([2H])c([2H])c(-c2c([2H])c([2H])c3oc4c([2H])c([2H])c(-c5nc(-c6ccc(-c7ccccc7)cc6)nc(-c6ccc(-c7ccccc7)cc6)n5)c([2H])c4c3c2[2H])c([2H])c1[2H]. The summed E-state index contributed by atoms with van der Waals surface area (Å²) >= 11 is 0. The molecule has 0 spiro atoms. The van der Waals surface area contributed by atoms with Crippen LogP contribution >= 0.6 is 0 Å². The molecule has 7 aromatic carbocycles. The van der Waals surface area contributed by atoms with E-state index < -0.39 is 77.6 Å². The minimum absolute atomic E-state index is 0.116. The molecule has 0 N–H and O–H groups in total. The number of nitrogens with zero attached hydrogens (tertiary/aromatic N) is 3. The second-order valence-electron chi connectivity index (χ2n) is 11.2. The fourth-order valence-corrected chi connectivity index (χ4v) is 5.64. The highest BCUT2D eigenvalue weighted by Gasteiger charge is 2.16. The van der Waals surface area contributed by atoms with E-state index in [9.17, 15) is 2.74 Å². The summed E-state index contributed by atoms with van der Waals surface area (Å²) < 4.78 is 102. The van der Waals surface area contributed by atoms with Gasteiger partial charge in [0.1, 0.15) is 11.2 Å². The minimum Gasteiger partial charge on any atom is -0.456 e. The molecule has 0 atom stereocenters. The average Bonchev–Trinajstić information content (AvgIpc) is 3.70. The molecule has 0 saturated carbocycles. The van der Waals surface area contributed by atoms with Crippen molar-refractivity contribution in [2.45, 2.75) is 0 Å². The molecule has 230 valence electrons. The number of hydrogen-bond donors (Lipinski definition) is 0. The predicted molar refractivity (Wildman–Crippen MR) is 200 cm³/mol. The highest BCUT2D eigenvalue weighted by molar-refractivity contribution is 6.07. The van der Waals surface area contributed by atoms with E-state index in [1.165, 1.54) is 0 Å². The van der Waals surface area contributed by atoms with Gasteiger partial charge in [-0.15, -0.1) is 0 Å².